The van der Waals surface area contributed by atoms with Crippen LogP contribution in [0.25, 0.3) is 0 Å². The molecule has 6 nitrogen and oxygen atoms in total. The second kappa shape index (κ2) is 10.7. The predicted octanol–water partition coefficient (Wildman–Crippen LogP) is 4.12. The van der Waals surface area contributed by atoms with Crippen molar-refractivity contribution in [1.29, 1.82) is 0 Å². The second-order valence-corrected chi connectivity index (χ2v) is 9.26. The number of hydrogen-bond acceptors (Lipinski definition) is 5. The Morgan fingerprint density at radius 3 is 2.42 bits per heavy atom. The van der Waals surface area contributed by atoms with Gasteiger partial charge in [0.15, 0.2) is 0 Å². The minimum Gasteiger partial charge on any atom is -0.497 e. The van der Waals surface area contributed by atoms with Gasteiger partial charge in [0.25, 0.3) is 5.91 Å². The summed E-state index contributed by atoms with van der Waals surface area (Å²) in [5.74, 6) is 1.40. The van der Waals surface area contributed by atoms with E-state index in [9.17, 15) is 4.79 Å². The van der Waals surface area contributed by atoms with Crippen LogP contribution >= 0.6 is 0 Å². The van der Waals surface area contributed by atoms with Gasteiger partial charge in [0, 0.05) is 32.8 Å². The summed E-state index contributed by atoms with van der Waals surface area (Å²) >= 11 is 0. The van der Waals surface area contributed by atoms with Crippen LogP contribution in [-0.2, 0) is 4.74 Å². The Labute approximate surface area is 186 Å². The quantitative estimate of drug-likeness (QED) is 0.651. The average Bonchev–Trinajstić information content (AvgIpc) is 3.35. The largest absolute Gasteiger partial charge is 0.497 e. The van der Waals surface area contributed by atoms with Crippen molar-refractivity contribution in [2.75, 3.05) is 40.5 Å². The first-order chi connectivity index (χ1) is 15.2. The van der Waals surface area contributed by atoms with Gasteiger partial charge in [-0.05, 0) is 63.1 Å². The number of hydrogen-bond donors (Lipinski definition) is 0. The summed E-state index contributed by atoms with van der Waals surface area (Å²) in [6.45, 7) is 3.53. The minimum absolute atomic E-state index is 0.0269. The van der Waals surface area contributed by atoms with E-state index in [4.69, 9.17) is 14.2 Å². The van der Waals surface area contributed by atoms with Gasteiger partial charge in [-0.15, -0.1) is 0 Å². The van der Waals surface area contributed by atoms with Crippen LogP contribution < -0.4 is 9.47 Å². The Balaban J connectivity index is 1.46. The Hall–Kier alpha value is -1.79. The highest BCUT2D eigenvalue weighted by Gasteiger charge is 2.31. The van der Waals surface area contributed by atoms with Gasteiger partial charge >= 0.3 is 0 Å². The van der Waals surface area contributed by atoms with E-state index in [0.717, 1.165) is 57.8 Å². The molecule has 2 saturated heterocycles. The van der Waals surface area contributed by atoms with E-state index in [1.54, 1.807) is 14.2 Å². The van der Waals surface area contributed by atoms with Crippen molar-refractivity contribution in [3.05, 3.63) is 23.8 Å². The van der Waals surface area contributed by atoms with Crippen molar-refractivity contribution >= 4 is 5.91 Å². The molecule has 2 heterocycles. The summed E-state index contributed by atoms with van der Waals surface area (Å²) < 4.78 is 17.3. The van der Waals surface area contributed by atoms with Gasteiger partial charge in [0.1, 0.15) is 17.6 Å². The number of amides is 1. The van der Waals surface area contributed by atoms with Crippen LogP contribution in [0.1, 0.15) is 68.1 Å². The molecule has 1 aliphatic carbocycles. The summed E-state index contributed by atoms with van der Waals surface area (Å²) in [5.41, 5.74) is 0.612. The molecular weight excluding hydrogens is 392 g/mol. The zero-order chi connectivity index (χ0) is 21.6. The minimum atomic E-state index is 0.0269. The summed E-state index contributed by atoms with van der Waals surface area (Å²) in [7, 11) is 3.34. The molecule has 3 aliphatic rings. The van der Waals surface area contributed by atoms with Crippen molar-refractivity contribution in [3.8, 4) is 11.5 Å². The third-order valence-corrected chi connectivity index (χ3v) is 7.28. The van der Waals surface area contributed by atoms with E-state index >= 15 is 0 Å². The van der Waals surface area contributed by atoms with Crippen molar-refractivity contribution in [2.45, 2.75) is 76.0 Å². The lowest BCUT2D eigenvalue weighted by Crippen LogP contribution is -2.46. The van der Waals surface area contributed by atoms with Crippen LogP contribution in [0, 0.1) is 0 Å². The van der Waals surface area contributed by atoms with Gasteiger partial charge in [-0.25, -0.2) is 0 Å². The van der Waals surface area contributed by atoms with Crippen LogP contribution in [-0.4, -0.2) is 74.4 Å². The highest BCUT2D eigenvalue weighted by atomic mass is 16.5. The molecule has 0 aromatic heterocycles. The first kappa shape index (κ1) is 22.4. The molecule has 0 bridgehead atoms. The molecule has 2 aliphatic heterocycles. The Kier molecular flexibility index (Phi) is 7.72. The first-order valence-electron chi connectivity index (χ1n) is 12.1. The van der Waals surface area contributed by atoms with Crippen molar-refractivity contribution < 1.29 is 19.0 Å². The molecule has 1 aromatic carbocycles. The molecule has 1 aromatic rings. The fraction of sp³-hybridized carbons (Fsp3) is 0.720. The Morgan fingerprint density at radius 2 is 1.71 bits per heavy atom. The number of methoxy groups -OCH3 is 2. The van der Waals surface area contributed by atoms with Gasteiger partial charge in [-0.3, -0.25) is 4.79 Å². The van der Waals surface area contributed by atoms with Crippen molar-refractivity contribution in [2.24, 2.45) is 0 Å². The molecule has 0 N–H and O–H groups in total. The summed E-state index contributed by atoms with van der Waals surface area (Å²) in [5, 5.41) is 0. The zero-order valence-electron chi connectivity index (χ0n) is 19.2. The monoisotopic (exact) mass is 430 g/mol. The molecule has 1 saturated carbocycles. The number of likely N-dealkylation sites (tertiary alicyclic amines) is 2. The number of rotatable bonds is 7. The Bertz CT molecular complexity index is 724. The van der Waals surface area contributed by atoms with E-state index < -0.39 is 0 Å². The van der Waals surface area contributed by atoms with Gasteiger partial charge in [0.2, 0.25) is 0 Å². The number of piperidine rings is 2. The van der Waals surface area contributed by atoms with E-state index in [-0.39, 0.29) is 18.1 Å². The highest BCUT2D eigenvalue weighted by molar-refractivity contribution is 5.97. The van der Waals surface area contributed by atoms with Gasteiger partial charge in [-0.2, -0.15) is 0 Å². The van der Waals surface area contributed by atoms with Crippen LogP contribution in [0.2, 0.25) is 0 Å². The maximum absolute atomic E-state index is 13.6. The van der Waals surface area contributed by atoms with E-state index in [0.29, 0.717) is 23.7 Å². The lowest BCUT2D eigenvalue weighted by molar-refractivity contribution is 0.0415. The Morgan fingerprint density at radius 1 is 0.968 bits per heavy atom. The summed E-state index contributed by atoms with van der Waals surface area (Å²) in [6.07, 6.45) is 10.8. The molecule has 0 radical (unpaired) electrons. The molecular formula is C25H38N2O4. The topological polar surface area (TPSA) is 51.2 Å². The number of carbonyl (C=O) groups is 1. The van der Waals surface area contributed by atoms with Crippen molar-refractivity contribution in [1.82, 2.24) is 9.80 Å². The number of carbonyl (C=O) groups excluding carboxylic acids is 1. The lowest BCUT2D eigenvalue weighted by Gasteiger charge is -2.37. The van der Waals surface area contributed by atoms with Crippen molar-refractivity contribution in [3.63, 3.8) is 0 Å². The predicted molar refractivity (Wildman–Crippen MR) is 121 cm³/mol. The maximum Gasteiger partial charge on any atom is 0.258 e. The van der Waals surface area contributed by atoms with Gasteiger partial charge in [-0.1, -0.05) is 12.8 Å². The number of benzene rings is 1. The molecule has 4 rings (SSSR count). The first-order valence-corrected chi connectivity index (χ1v) is 12.1. The number of nitrogens with zero attached hydrogens (tertiary/aromatic N) is 2. The molecule has 3 fully saturated rings. The smallest absolute Gasteiger partial charge is 0.258 e. The fourth-order valence-corrected chi connectivity index (χ4v) is 5.50. The van der Waals surface area contributed by atoms with E-state index in [1.165, 1.54) is 25.7 Å². The normalized spacial score (nSPS) is 23.8. The van der Waals surface area contributed by atoms with Crippen LogP contribution in [0.5, 0.6) is 11.5 Å². The lowest BCUT2D eigenvalue weighted by atomic mass is 10.0. The molecule has 6 heteroatoms. The van der Waals surface area contributed by atoms with E-state index in [2.05, 4.69) is 4.90 Å². The molecule has 0 unspecified atom stereocenters. The molecule has 172 valence electrons. The van der Waals surface area contributed by atoms with Gasteiger partial charge < -0.3 is 24.0 Å². The van der Waals surface area contributed by atoms with Crippen LogP contribution in [0.15, 0.2) is 18.2 Å². The molecule has 0 spiro atoms. The molecule has 1 atom stereocenters. The maximum atomic E-state index is 13.6. The molecule has 1 amide bonds. The fourth-order valence-electron chi connectivity index (χ4n) is 5.50. The van der Waals surface area contributed by atoms with E-state index in [1.807, 2.05) is 23.1 Å². The highest BCUT2D eigenvalue weighted by Crippen LogP contribution is 2.32. The molecule has 31 heavy (non-hydrogen) atoms. The third-order valence-electron chi connectivity index (χ3n) is 7.28. The van der Waals surface area contributed by atoms with Crippen LogP contribution in [0.3, 0.4) is 0 Å². The number of ether oxygens (including phenoxy) is 3. The third kappa shape index (κ3) is 5.35. The summed E-state index contributed by atoms with van der Waals surface area (Å²) in [6, 6.07) is 6.53. The standard InChI is InChI=1S/C25H38N2O4/c1-29-18-20-9-5-6-14-27(20)25(28)23-17-22(30-2)10-11-24(23)31-21-12-15-26(16-13-21)19-7-3-4-8-19/h10-11,17,19-21H,3-9,12-16,18H2,1-2H3/t20-/m0/s1. The zero-order valence-corrected chi connectivity index (χ0v) is 19.2. The second-order valence-electron chi connectivity index (χ2n) is 9.26. The summed E-state index contributed by atoms with van der Waals surface area (Å²) in [4.78, 5) is 18.2. The van der Waals surface area contributed by atoms with Crippen LogP contribution in [0.4, 0.5) is 0 Å². The average molecular weight is 431 g/mol. The SMILES string of the molecule is COC[C@@H]1CCCCN1C(=O)c1cc(OC)ccc1OC1CCN(C2CCCC2)CC1. The van der Waals surface area contributed by atoms with Gasteiger partial charge in [0.05, 0.1) is 25.3 Å².